The maximum absolute atomic E-state index is 12.7. The van der Waals surface area contributed by atoms with Gasteiger partial charge in [0.25, 0.3) is 5.91 Å². The van der Waals surface area contributed by atoms with Crippen molar-refractivity contribution in [3.8, 4) is 0 Å². The number of halogens is 1. The molecule has 0 atom stereocenters. The lowest BCUT2D eigenvalue weighted by Gasteiger charge is -2.33. The number of hydrogen-bond donors (Lipinski definition) is 2. The zero-order valence-electron chi connectivity index (χ0n) is 18.1. The van der Waals surface area contributed by atoms with Crippen LogP contribution in [0.3, 0.4) is 0 Å². The van der Waals surface area contributed by atoms with Crippen LogP contribution in [0.4, 0.5) is 10.5 Å². The highest BCUT2D eigenvalue weighted by Gasteiger charge is 2.26. The summed E-state index contributed by atoms with van der Waals surface area (Å²) >= 11 is 6.19. The smallest absolute Gasteiger partial charge is 0.321 e. The number of carbonyl (C=O) groups is 2. The normalized spacial score (nSPS) is 20.5. The lowest BCUT2D eigenvalue weighted by molar-refractivity contribution is 0.0363. The fourth-order valence-corrected chi connectivity index (χ4v) is 4.53. The first-order valence-electron chi connectivity index (χ1n) is 11.5. The van der Waals surface area contributed by atoms with E-state index in [1.54, 1.807) is 18.2 Å². The van der Waals surface area contributed by atoms with Gasteiger partial charge in [-0.1, -0.05) is 11.6 Å². The van der Waals surface area contributed by atoms with Gasteiger partial charge in [0.2, 0.25) is 0 Å². The number of carbonyl (C=O) groups excluding carboxylic acids is 2. The molecule has 0 unspecified atom stereocenters. The number of morpholine rings is 1. The number of ether oxygens (including phenoxy) is 1. The Labute approximate surface area is 189 Å². The molecule has 2 aliphatic heterocycles. The van der Waals surface area contributed by atoms with Gasteiger partial charge in [0.05, 0.1) is 23.8 Å². The van der Waals surface area contributed by atoms with E-state index in [1.807, 2.05) is 4.90 Å². The molecular weight excluding hydrogens is 416 g/mol. The van der Waals surface area contributed by atoms with Crippen LogP contribution in [0.1, 0.15) is 48.9 Å². The number of urea groups is 1. The number of hydrogen-bond acceptors (Lipinski definition) is 4. The van der Waals surface area contributed by atoms with Crippen LogP contribution in [-0.2, 0) is 4.74 Å². The lowest BCUT2D eigenvalue weighted by Crippen LogP contribution is -2.41. The van der Waals surface area contributed by atoms with E-state index in [0.29, 0.717) is 22.2 Å². The van der Waals surface area contributed by atoms with Gasteiger partial charge >= 0.3 is 6.03 Å². The zero-order valence-corrected chi connectivity index (χ0v) is 18.8. The third kappa shape index (κ3) is 6.57. The Morgan fingerprint density at radius 3 is 2.52 bits per heavy atom. The van der Waals surface area contributed by atoms with Gasteiger partial charge in [0.15, 0.2) is 0 Å². The summed E-state index contributed by atoms with van der Waals surface area (Å²) in [5, 5.41) is 6.27. The number of amides is 3. The summed E-state index contributed by atoms with van der Waals surface area (Å²) < 4.78 is 5.40. The Bertz CT molecular complexity index is 772. The minimum Gasteiger partial charge on any atom is -0.379 e. The average molecular weight is 449 g/mol. The molecule has 1 aromatic carbocycles. The number of benzene rings is 1. The van der Waals surface area contributed by atoms with Crippen LogP contribution >= 0.6 is 11.6 Å². The highest BCUT2D eigenvalue weighted by atomic mass is 35.5. The van der Waals surface area contributed by atoms with Crippen molar-refractivity contribution in [1.29, 1.82) is 0 Å². The van der Waals surface area contributed by atoms with Gasteiger partial charge in [-0.25, -0.2) is 4.79 Å². The van der Waals surface area contributed by atoms with E-state index in [-0.39, 0.29) is 18.0 Å². The minimum atomic E-state index is -0.179. The summed E-state index contributed by atoms with van der Waals surface area (Å²) in [4.78, 5) is 29.4. The second-order valence-corrected chi connectivity index (χ2v) is 9.31. The van der Waals surface area contributed by atoms with Gasteiger partial charge in [0.1, 0.15) is 0 Å². The van der Waals surface area contributed by atoms with E-state index in [9.17, 15) is 9.59 Å². The Morgan fingerprint density at radius 1 is 1.06 bits per heavy atom. The number of anilines is 1. The van der Waals surface area contributed by atoms with Crippen LogP contribution in [0.2, 0.25) is 5.02 Å². The SMILES string of the molecule is O=C(NC1CC1)c1cc(NC(=O)N2CCC(CCCN3CCOCC3)CC2)ccc1Cl. The molecule has 4 rings (SSSR count). The Morgan fingerprint density at radius 2 is 1.81 bits per heavy atom. The van der Waals surface area contributed by atoms with Crippen molar-refractivity contribution in [2.45, 2.75) is 44.6 Å². The fourth-order valence-electron chi connectivity index (χ4n) is 4.32. The zero-order chi connectivity index (χ0) is 21.6. The van der Waals surface area contributed by atoms with Crippen LogP contribution < -0.4 is 10.6 Å². The first kappa shape index (κ1) is 22.4. The molecule has 0 aromatic heterocycles. The second-order valence-electron chi connectivity index (χ2n) is 8.90. The Balaban J connectivity index is 1.20. The van der Waals surface area contributed by atoms with E-state index in [4.69, 9.17) is 16.3 Å². The van der Waals surface area contributed by atoms with E-state index in [1.165, 1.54) is 12.8 Å². The predicted molar refractivity (Wildman–Crippen MR) is 122 cm³/mol. The maximum Gasteiger partial charge on any atom is 0.321 e. The van der Waals surface area contributed by atoms with Crippen molar-refractivity contribution in [2.75, 3.05) is 51.3 Å². The first-order valence-corrected chi connectivity index (χ1v) is 11.9. The summed E-state index contributed by atoms with van der Waals surface area (Å²) in [6.07, 6.45) is 6.57. The van der Waals surface area contributed by atoms with E-state index in [2.05, 4.69) is 15.5 Å². The van der Waals surface area contributed by atoms with Crippen LogP contribution in [0.5, 0.6) is 0 Å². The lowest BCUT2D eigenvalue weighted by atomic mass is 9.92. The molecule has 2 N–H and O–H groups in total. The topological polar surface area (TPSA) is 73.9 Å². The summed E-state index contributed by atoms with van der Waals surface area (Å²) in [6, 6.07) is 5.22. The standard InChI is InChI=1S/C23H33ClN4O3/c24-21-6-5-19(16-20(21)22(29)25-18-3-4-18)26-23(30)28-10-7-17(8-11-28)2-1-9-27-12-14-31-15-13-27/h5-6,16-18H,1-4,7-15H2,(H,25,29)(H,26,30). The van der Waals surface area contributed by atoms with Gasteiger partial charge < -0.3 is 20.3 Å². The Kier molecular flexibility index (Phi) is 7.69. The van der Waals surface area contributed by atoms with E-state index >= 15 is 0 Å². The van der Waals surface area contributed by atoms with Crippen LogP contribution in [0.15, 0.2) is 18.2 Å². The minimum absolute atomic E-state index is 0.109. The average Bonchev–Trinajstić information content (AvgIpc) is 3.60. The fraction of sp³-hybridized carbons (Fsp3) is 0.652. The van der Waals surface area contributed by atoms with Gasteiger partial charge in [-0.05, 0) is 69.2 Å². The van der Waals surface area contributed by atoms with Gasteiger partial charge in [-0.15, -0.1) is 0 Å². The third-order valence-corrected chi connectivity index (χ3v) is 6.80. The number of likely N-dealkylation sites (tertiary alicyclic amines) is 1. The monoisotopic (exact) mass is 448 g/mol. The summed E-state index contributed by atoms with van der Waals surface area (Å²) in [6.45, 7) is 6.51. The predicted octanol–water partition coefficient (Wildman–Crippen LogP) is 3.59. The molecule has 2 heterocycles. The van der Waals surface area contributed by atoms with Crippen molar-refractivity contribution < 1.29 is 14.3 Å². The number of nitrogens with one attached hydrogen (secondary N) is 2. The van der Waals surface area contributed by atoms with Crippen LogP contribution in [-0.4, -0.2) is 73.7 Å². The molecule has 3 amide bonds. The Hall–Kier alpha value is -1.83. The highest BCUT2D eigenvalue weighted by Crippen LogP contribution is 2.25. The molecular formula is C23H33ClN4O3. The molecule has 7 nitrogen and oxygen atoms in total. The highest BCUT2D eigenvalue weighted by molar-refractivity contribution is 6.34. The summed E-state index contributed by atoms with van der Waals surface area (Å²) in [5.74, 6) is 0.514. The molecule has 1 aromatic rings. The van der Waals surface area contributed by atoms with Crippen LogP contribution in [0.25, 0.3) is 0 Å². The molecule has 31 heavy (non-hydrogen) atoms. The molecule has 1 saturated carbocycles. The number of rotatable bonds is 7. The summed E-state index contributed by atoms with van der Waals surface area (Å²) in [7, 11) is 0. The maximum atomic E-state index is 12.7. The van der Waals surface area contributed by atoms with E-state index < -0.39 is 0 Å². The largest absolute Gasteiger partial charge is 0.379 e. The van der Waals surface area contributed by atoms with Crippen molar-refractivity contribution in [3.63, 3.8) is 0 Å². The van der Waals surface area contributed by atoms with Gasteiger partial charge in [0, 0.05) is 37.9 Å². The number of piperidine rings is 1. The third-order valence-electron chi connectivity index (χ3n) is 6.47. The van der Waals surface area contributed by atoms with Gasteiger partial charge in [-0.2, -0.15) is 0 Å². The van der Waals surface area contributed by atoms with Crippen molar-refractivity contribution in [1.82, 2.24) is 15.1 Å². The van der Waals surface area contributed by atoms with Crippen LogP contribution in [0, 0.1) is 5.92 Å². The molecule has 3 aliphatic rings. The summed E-state index contributed by atoms with van der Waals surface area (Å²) in [5.41, 5.74) is 1.01. The second kappa shape index (κ2) is 10.7. The van der Waals surface area contributed by atoms with Gasteiger partial charge in [-0.3, -0.25) is 9.69 Å². The molecule has 3 fully saturated rings. The molecule has 0 bridgehead atoms. The molecule has 0 radical (unpaired) electrons. The van der Waals surface area contributed by atoms with Crippen molar-refractivity contribution >= 4 is 29.2 Å². The quantitative estimate of drug-likeness (QED) is 0.668. The molecule has 0 spiro atoms. The molecule has 8 heteroatoms. The van der Waals surface area contributed by atoms with Crippen molar-refractivity contribution in [3.05, 3.63) is 28.8 Å². The molecule has 2 saturated heterocycles. The van der Waals surface area contributed by atoms with E-state index in [0.717, 1.165) is 71.6 Å². The molecule has 1 aliphatic carbocycles. The first-order chi connectivity index (χ1) is 15.1. The van der Waals surface area contributed by atoms with Crippen molar-refractivity contribution in [2.24, 2.45) is 5.92 Å². The number of nitrogens with zero attached hydrogens (tertiary/aromatic N) is 2. The molecule has 170 valence electrons.